The molecule has 0 aliphatic heterocycles. The summed E-state index contributed by atoms with van der Waals surface area (Å²) >= 11 is 0. The summed E-state index contributed by atoms with van der Waals surface area (Å²) in [6, 6.07) is 6.06. The van der Waals surface area contributed by atoms with Crippen LogP contribution in [0.3, 0.4) is 0 Å². The highest BCUT2D eigenvalue weighted by Gasteiger charge is 2.10. The Bertz CT molecular complexity index is 780. The maximum atomic E-state index is 5.69. The van der Waals surface area contributed by atoms with Gasteiger partial charge in [0, 0.05) is 32.5 Å². The van der Waals surface area contributed by atoms with Crippen LogP contribution in [-0.2, 0) is 12.8 Å². The summed E-state index contributed by atoms with van der Waals surface area (Å²) in [5.41, 5.74) is 1.17. The molecule has 0 unspecified atom stereocenters. The monoisotopic (exact) mass is 531 g/mol. The number of nitrogens with one attached hydrogen (secondary N) is 2. The highest BCUT2D eigenvalue weighted by Crippen LogP contribution is 2.28. The normalized spacial score (nSPS) is 11.2. The molecule has 0 amide bonds. The van der Waals surface area contributed by atoms with Crippen molar-refractivity contribution in [3.8, 4) is 11.5 Å². The smallest absolute Gasteiger partial charge is 0.228 e. The Kier molecular flexibility index (Phi) is 12.2. The fourth-order valence-electron chi connectivity index (χ4n) is 2.69. The van der Waals surface area contributed by atoms with E-state index < -0.39 is 0 Å². The van der Waals surface area contributed by atoms with Crippen molar-refractivity contribution in [3.05, 3.63) is 35.5 Å². The van der Waals surface area contributed by atoms with Crippen molar-refractivity contribution in [2.24, 2.45) is 4.99 Å². The van der Waals surface area contributed by atoms with E-state index in [1.807, 2.05) is 39.8 Å². The van der Waals surface area contributed by atoms with Crippen LogP contribution in [-0.4, -0.2) is 49.5 Å². The van der Waals surface area contributed by atoms with Gasteiger partial charge in [0.2, 0.25) is 5.89 Å². The van der Waals surface area contributed by atoms with E-state index in [9.17, 15) is 0 Å². The number of aromatic nitrogens is 2. The first kappa shape index (κ1) is 26.0. The minimum atomic E-state index is 0. The molecule has 1 aromatic carbocycles. The molecule has 2 rings (SSSR count). The molecule has 0 bridgehead atoms. The standard InChI is InChI=1S/C21H33N5O3.HI/c1-6-27-17-9-8-16(14-18(17)28-7-2)10-12-23-21(22-5)24-13-11-19-25-20(15(3)4)26-29-19;/h8-9,14-15H,6-7,10-13H2,1-5H3,(H2,22,23,24);1H. The zero-order chi connectivity index (χ0) is 21.1. The zero-order valence-corrected chi connectivity index (χ0v) is 20.9. The van der Waals surface area contributed by atoms with E-state index in [2.05, 4.69) is 31.8 Å². The van der Waals surface area contributed by atoms with Crippen molar-refractivity contribution in [2.75, 3.05) is 33.4 Å². The first-order valence-electron chi connectivity index (χ1n) is 10.2. The summed E-state index contributed by atoms with van der Waals surface area (Å²) in [7, 11) is 1.75. The van der Waals surface area contributed by atoms with Crippen molar-refractivity contribution in [1.82, 2.24) is 20.8 Å². The lowest BCUT2D eigenvalue weighted by atomic mass is 10.1. The van der Waals surface area contributed by atoms with Gasteiger partial charge in [0.15, 0.2) is 23.3 Å². The molecule has 1 aromatic heterocycles. The Hall–Kier alpha value is -2.04. The minimum absolute atomic E-state index is 0. The van der Waals surface area contributed by atoms with E-state index in [1.165, 1.54) is 5.56 Å². The van der Waals surface area contributed by atoms with E-state index in [1.54, 1.807) is 7.05 Å². The molecule has 0 aliphatic rings. The fourth-order valence-corrected chi connectivity index (χ4v) is 2.69. The molecule has 0 radical (unpaired) electrons. The summed E-state index contributed by atoms with van der Waals surface area (Å²) in [5.74, 6) is 3.95. The molecule has 30 heavy (non-hydrogen) atoms. The first-order chi connectivity index (χ1) is 14.1. The van der Waals surface area contributed by atoms with Gasteiger partial charge in [-0.3, -0.25) is 4.99 Å². The molecule has 0 aliphatic carbocycles. The number of guanidine groups is 1. The topological polar surface area (TPSA) is 93.8 Å². The van der Waals surface area contributed by atoms with Crippen molar-refractivity contribution in [3.63, 3.8) is 0 Å². The molecule has 1 heterocycles. The van der Waals surface area contributed by atoms with Gasteiger partial charge in [-0.1, -0.05) is 25.1 Å². The van der Waals surface area contributed by atoms with Crippen LogP contribution in [0.2, 0.25) is 0 Å². The van der Waals surface area contributed by atoms with Gasteiger partial charge in [-0.2, -0.15) is 4.98 Å². The lowest BCUT2D eigenvalue weighted by molar-refractivity contribution is 0.287. The number of halogens is 1. The fraction of sp³-hybridized carbons (Fsp3) is 0.571. The number of hydrogen-bond donors (Lipinski definition) is 2. The molecule has 9 heteroatoms. The number of hydrogen-bond acceptors (Lipinski definition) is 6. The predicted octanol–water partition coefficient (Wildman–Crippen LogP) is 3.56. The molecule has 0 saturated carbocycles. The predicted molar refractivity (Wildman–Crippen MR) is 129 cm³/mol. The van der Waals surface area contributed by atoms with Gasteiger partial charge in [0.25, 0.3) is 0 Å². The average Bonchev–Trinajstić information content (AvgIpc) is 3.18. The average molecular weight is 531 g/mol. The Labute approximate surface area is 196 Å². The van der Waals surface area contributed by atoms with Crippen LogP contribution in [0.15, 0.2) is 27.7 Å². The van der Waals surface area contributed by atoms with Crippen molar-refractivity contribution in [1.29, 1.82) is 0 Å². The largest absolute Gasteiger partial charge is 0.490 e. The van der Waals surface area contributed by atoms with Crippen LogP contribution in [0.5, 0.6) is 11.5 Å². The van der Waals surface area contributed by atoms with Crippen LogP contribution >= 0.6 is 24.0 Å². The summed E-state index contributed by atoms with van der Waals surface area (Å²) < 4.78 is 16.6. The molecular formula is C21H34IN5O3. The Balaban J connectivity index is 0.00000450. The quantitative estimate of drug-likeness (QED) is 0.260. The Morgan fingerprint density at radius 3 is 2.33 bits per heavy atom. The number of benzene rings is 1. The summed E-state index contributed by atoms with van der Waals surface area (Å²) in [6.07, 6.45) is 1.49. The SMILES string of the molecule is CCOc1ccc(CCNC(=NC)NCCc2nc(C(C)C)no2)cc1OCC.I. The zero-order valence-electron chi connectivity index (χ0n) is 18.5. The molecule has 0 saturated heterocycles. The van der Waals surface area contributed by atoms with Crippen LogP contribution in [0, 0.1) is 0 Å². The molecular weight excluding hydrogens is 497 g/mol. The Morgan fingerprint density at radius 2 is 1.73 bits per heavy atom. The second-order valence-corrected chi connectivity index (χ2v) is 6.77. The van der Waals surface area contributed by atoms with Gasteiger partial charge in [-0.05, 0) is 38.0 Å². The lowest BCUT2D eigenvalue weighted by Gasteiger charge is -2.14. The number of ether oxygens (including phenoxy) is 2. The van der Waals surface area contributed by atoms with Crippen LogP contribution in [0.4, 0.5) is 0 Å². The molecule has 0 atom stereocenters. The van der Waals surface area contributed by atoms with Gasteiger partial charge in [0.1, 0.15) is 0 Å². The lowest BCUT2D eigenvalue weighted by Crippen LogP contribution is -2.39. The summed E-state index contributed by atoms with van der Waals surface area (Å²) in [4.78, 5) is 8.63. The third-order valence-electron chi connectivity index (χ3n) is 4.17. The van der Waals surface area contributed by atoms with Gasteiger partial charge in [0.05, 0.1) is 13.2 Å². The minimum Gasteiger partial charge on any atom is -0.490 e. The van der Waals surface area contributed by atoms with Gasteiger partial charge in [-0.25, -0.2) is 0 Å². The van der Waals surface area contributed by atoms with Gasteiger partial charge >= 0.3 is 0 Å². The van der Waals surface area contributed by atoms with Crippen LogP contribution < -0.4 is 20.1 Å². The van der Waals surface area contributed by atoms with E-state index in [0.717, 1.165) is 36.2 Å². The highest BCUT2D eigenvalue weighted by atomic mass is 127. The highest BCUT2D eigenvalue weighted by molar-refractivity contribution is 14.0. The van der Waals surface area contributed by atoms with Crippen LogP contribution in [0.25, 0.3) is 0 Å². The molecule has 0 fully saturated rings. The number of nitrogens with zero attached hydrogens (tertiary/aromatic N) is 3. The third-order valence-corrected chi connectivity index (χ3v) is 4.17. The maximum Gasteiger partial charge on any atom is 0.228 e. The van der Waals surface area contributed by atoms with Crippen molar-refractivity contribution in [2.45, 2.75) is 46.5 Å². The van der Waals surface area contributed by atoms with Gasteiger partial charge < -0.3 is 24.6 Å². The molecule has 168 valence electrons. The van der Waals surface area contributed by atoms with Gasteiger partial charge in [-0.15, -0.1) is 24.0 Å². The summed E-state index contributed by atoms with van der Waals surface area (Å²) in [5, 5.41) is 10.6. The number of rotatable bonds is 11. The van der Waals surface area contributed by atoms with Crippen LogP contribution in [0.1, 0.15) is 50.9 Å². The van der Waals surface area contributed by atoms with E-state index >= 15 is 0 Å². The second kappa shape index (κ2) is 14.1. The van der Waals surface area contributed by atoms with E-state index in [-0.39, 0.29) is 29.9 Å². The number of aliphatic imine (C=N–C) groups is 1. The second-order valence-electron chi connectivity index (χ2n) is 6.77. The van der Waals surface area contributed by atoms with Crippen molar-refractivity contribution >= 4 is 29.9 Å². The van der Waals surface area contributed by atoms with E-state index in [0.29, 0.717) is 32.1 Å². The molecule has 2 aromatic rings. The molecule has 8 nitrogen and oxygen atoms in total. The van der Waals surface area contributed by atoms with E-state index in [4.69, 9.17) is 14.0 Å². The Morgan fingerprint density at radius 1 is 1.07 bits per heavy atom. The maximum absolute atomic E-state index is 5.69. The molecule has 0 spiro atoms. The molecule has 2 N–H and O–H groups in total. The summed E-state index contributed by atoms with van der Waals surface area (Å²) in [6.45, 7) is 10.7. The third kappa shape index (κ3) is 8.37. The first-order valence-corrected chi connectivity index (χ1v) is 10.2. The van der Waals surface area contributed by atoms with Crippen molar-refractivity contribution < 1.29 is 14.0 Å².